The van der Waals surface area contributed by atoms with Crippen LogP contribution in [0, 0.1) is 0 Å². The number of nitrogens with zero attached hydrogens (tertiary/aromatic N) is 2. The summed E-state index contributed by atoms with van der Waals surface area (Å²) in [7, 11) is 1.73. The minimum absolute atomic E-state index is 0.789. The van der Waals surface area contributed by atoms with Gasteiger partial charge in [-0.2, -0.15) is 0 Å². The molecule has 0 atom stereocenters. The molecule has 2 aromatic rings. The van der Waals surface area contributed by atoms with Crippen LogP contribution in [0.3, 0.4) is 0 Å². The van der Waals surface area contributed by atoms with Gasteiger partial charge in [0.15, 0.2) is 0 Å². The van der Waals surface area contributed by atoms with Gasteiger partial charge in [0.1, 0.15) is 5.75 Å². The summed E-state index contributed by atoms with van der Waals surface area (Å²) in [4.78, 5) is 4.97. The zero-order chi connectivity index (χ0) is 18.8. The van der Waals surface area contributed by atoms with Crippen LogP contribution in [0.5, 0.6) is 5.75 Å². The zero-order valence-corrected chi connectivity index (χ0v) is 17.1. The van der Waals surface area contributed by atoms with E-state index in [2.05, 4.69) is 28.0 Å². The van der Waals surface area contributed by atoms with Crippen molar-refractivity contribution in [3.05, 3.63) is 63.1 Å². The number of methoxy groups -OCH3 is 1. The van der Waals surface area contributed by atoms with Crippen LogP contribution in [0.1, 0.15) is 17.5 Å². The van der Waals surface area contributed by atoms with Gasteiger partial charge in [-0.3, -0.25) is 4.90 Å². The summed E-state index contributed by atoms with van der Waals surface area (Å²) in [6, 6.07) is 12.0. The van der Waals surface area contributed by atoms with Crippen molar-refractivity contribution in [1.29, 1.82) is 0 Å². The molecule has 0 N–H and O–H groups in total. The molecule has 27 heavy (non-hydrogen) atoms. The van der Waals surface area contributed by atoms with Crippen LogP contribution in [-0.2, 0) is 6.42 Å². The third-order valence-corrected chi connectivity index (χ3v) is 6.10. The van der Waals surface area contributed by atoms with Gasteiger partial charge in [0.25, 0.3) is 0 Å². The van der Waals surface area contributed by atoms with Crippen LogP contribution in [0.15, 0.2) is 42.0 Å². The predicted octanol–water partition coefficient (Wildman–Crippen LogP) is 5.15. The molecule has 1 aliphatic carbocycles. The van der Waals surface area contributed by atoms with E-state index < -0.39 is 0 Å². The van der Waals surface area contributed by atoms with Gasteiger partial charge in [0.2, 0.25) is 0 Å². The molecule has 1 heterocycles. The summed E-state index contributed by atoms with van der Waals surface area (Å²) in [5, 5.41) is 1.60. The number of hydrogen-bond acceptors (Lipinski definition) is 3. The number of halogens is 2. The van der Waals surface area contributed by atoms with Gasteiger partial charge in [0.05, 0.1) is 7.11 Å². The normalized spacial score (nSPS) is 17.4. The number of rotatable bonds is 4. The average Bonchev–Trinajstić information content (AvgIpc) is 2.70. The third kappa shape index (κ3) is 4.11. The second-order valence-electron chi connectivity index (χ2n) is 7.18. The topological polar surface area (TPSA) is 15.7 Å². The minimum atomic E-state index is 0.789. The Balaban J connectivity index is 1.40. The first-order valence-corrected chi connectivity index (χ1v) is 10.2. The Bertz CT molecular complexity index is 840. The molecule has 0 amide bonds. The molecule has 4 rings (SSSR count). The molecule has 1 saturated heterocycles. The van der Waals surface area contributed by atoms with E-state index in [-0.39, 0.29) is 0 Å². The fourth-order valence-corrected chi connectivity index (χ4v) is 4.37. The van der Waals surface area contributed by atoms with Crippen molar-refractivity contribution >= 4 is 35.0 Å². The monoisotopic (exact) mass is 402 g/mol. The van der Waals surface area contributed by atoms with Gasteiger partial charge >= 0.3 is 0 Å². The lowest BCUT2D eigenvalue weighted by Crippen LogP contribution is -2.47. The molecule has 1 aliphatic heterocycles. The second kappa shape index (κ2) is 8.14. The highest BCUT2D eigenvalue weighted by Crippen LogP contribution is 2.36. The van der Waals surface area contributed by atoms with Crippen LogP contribution in [0.25, 0.3) is 6.08 Å². The summed E-state index contributed by atoms with van der Waals surface area (Å²) < 4.78 is 5.50. The van der Waals surface area contributed by atoms with E-state index in [1.165, 1.54) is 16.8 Å². The van der Waals surface area contributed by atoms with Crippen molar-refractivity contribution in [3.8, 4) is 5.75 Å². The Labute approximate surface area is 171 Å². The SMILES string of the molecule is COc1ccc(Cl)c2c1CCC(CN1CCN(c3ccc(Cl)cc3)CC1)=C2. The molecule has 2 aromatic carbocycles. The molecule has 0 unspecified atom stereocenters. The van der Waals surface area contributed by atoms with E-state index in [0.29, 0.717) is 0 Å². The molecule has 1 fully saturated rings. The standard InChI is InChI=1S/C22H24Cl2N2O/c1-27-22-9-8-21(24)20-14-16(2-7-19(20)22)15-25-10-12-26(13-11-25)18-5-3-17(23)4-6-18/h3-6,8-9,14H,2,7,10-13,15H2,1H3. The highest BCUT2D eigenvalue weighted by molar-refractivity contribution is 6.32. The van der Waals surface area contributed by atoms with E-state index in [4.69, 9.17) is 27.9 Å². The lowest BCUT2D eigenvalue weighted by Gasteiger charge is -2.37. The molecule has 5 heteroatoms. The minimum Gasteiger partial charge on any atom is -0.496 e. The Morgan fingerprint density at radius 1 is 0.926 bits per heavy atom. The van der Waals surface area contributed by atoms with Crippen LogP contribution >= 0.6 is 23.2 Å². The molecular weight excluding hydrogens is 379 g/mol. The molecule has 142 valence electrons. The summed E-state index contributed by atoms with van der Waals surface area (Å²) in [6.45, 7) is 5.24. The summed E-state index contributed by atoms with van der Waals surface area (Å²) in [5.74, 6) is 0.946. The first-order valence-electron chi connectivity index (χ1n) is 9.42. The number of ether oxygens (including phenoxy) is 1. The maximum absolute atomic E-state index is 6.45. The van der Waals surface area contributed by atoms with Crippen molar-refractivity contribution < 1.29 is 4.74 Å². The third-order valence-electron chi connectivity index (χ3n) is 5.52. The molecule has 0 spiro atoms. The highest BCUT2D eigenvalue weighted by atomic mass is 35.5. The Morgan fingerprint density at radius 3 is 2.37 bits per heavy atom. The molecule has 2 aliphatic rings. The van der Waals surface area contributed by atoms with Gasteiger partial charge in [-0.05, 0) is 54.8 Å². The number of benzene rings is 2. The summed E-state index contributed by atoms with van der Waals surface area (Å²) in [5.41, 5.74) is 5.08. The average molecular weight is 403 g/mol. The van der Waals surface area contributed by atoms with Gasteiger partial charge in [-0.15, -0.1) is 0 Å². The van der Waals surface area contributed by atoms with Crippen LogP contribution in [-0.4, -0.2) is 44.7 Å². The first kappa shape index (κ1) is 18.7. The molecule has 0 saturated carbocycles. The maximum atomic E-state index is 6.45. The zero-order valence-electron chi connectivity index (χ0n) is 15.5. The van der Waals surface area contributed by atoms with Crippen molar-refractivity contribution in [2.45, 2.75) is 12.8 Å². The number of anilines is 1. The predicted molar refractivity (Wildman–Crippen MR) is 114 cm³/mol. The van der Waals surface area contributed by atoms with E-state index in [1.807, 2.05) is 24.3 Å². The van der Waals surface area contributed by atoms with E-state index in [9.17, 15) is 0 Å². The largest absolute Gasteiger partial charge is 0.496 e. The first-order chi connectivity index (χ1) is 13.1. The van der Waals surface area contributed by atoms with Crippen molar-refractivity contribution in [2.75, 3.05) is 44.7 Å². The van der Waals surface area contributed by atoms with Gasteiger partial charge < -0.3 is 9.64 Å². The Kier molecular flexibility index (Phi) is 5.63. The molecule has 0 bridgehead atoms. The molecule has 3 nitrogen and oxygen atoms in total. The summed E-state index contributed by atoms with van der Waals surface area (Å²) >= 11 is 12.4. The number of piperazine rings is 1. The fraction of sp³-hybridized carbons (Fsp3) is 0.364. The van der Waals surface area contributed by atoms with Crippen LogP contribution in [0.4, 0.5) is 5.69 Å². The van der Waals surface area contributed by atoms with Gasteiger partial charge in [-0.25, -0.2) is 0 Å². The van der Waals surface area contributed by atoms with E-state index in [1.54, 1.807) is 7.11 Å². The van der Waals surface area contributed by atoms with Crippen molar-refractivity contribution in [1.82, 2.24) is 4.90 Å². The van der Waals surface area contributed by atoms with Gasteiger partial charge in [0, 0.05) is 54.0 Å². The number of fused-ring (bicyclic) bond motifs is 1. The Hall–Kier alpha value is -1.68. The Morgan fingerprint density at radius 2 is 1.67 bits per heavy atom. The summed E-state index contributed by atoms with van der Waals surface area (Å²) in [6.07, 6.45) is 4.34. The van der Waals surface area contributed by atoms with Crippen molar-refractivity contribution in [3.63, 3.8) is 0 Å². The number of hydrogen-bond donors (Lipinski definition) is 0. The maximum Gasteiger partial charge on any atom is 0.122 e. The quantitative estimate of drug-likeness (QED) is 0.702. The molecule has 0 radical (unpaired) electrons. The van der Waals surface area contributed by atoms with Crippen molar-refractivity contribution in [2.24, 2.45) is 0 Å². The lowest BCUT2D eigenvalue weighted by molar-refractivity contribution is 0.276. The lowest BCUT2D eigenvalue weighted by atomic mass is 9.91. The molecular formula is C22H24Cl2N2O. The van der Waals surface area contributed by atoms with E-state index in [0.717, 1.165) is 66.9 Å². The van der Waals surface area contributed by atoms with E-state index >= 15 is 0 Å². The second-order valence-corrected chi connectivity index (χ2v) is 8.03. The molecule has 0 aromatic heterocycles. The smallest absolute Gasteiger partial charge is 0.122 e. The fourth-order valence-electron chi connectivity index (χ4n) is 4.01. The van der Waals surface area contributed by atoms with Crippen LogP contribution in [0.2, 0.25) is 10.0 Å². The van der Waals surface area contributed by atoms with Gasteiger partial charge in [-0.1, -0.05) is 34.9 Å². The highest BCUT2D eigenvalue weighted by Gasteiger charge is 2.21. The van der Waals surface area contributed by atoms with Crippen LogP contribution < -0.4 is 9.64 Å².